The molecule has 0 aliphatic heterocycles. The average molecular weight is 531 g/mol. The maximum absolute atomic E-state index is 12.4. The topological polar surface area (TPSA) is 137 Å². The van der Waals surface area contributed by atoms with E-state index in [2.05, 4.69) is 21.3 Å². The average Bonchev–Trinajstić information content (AvgIpc) is 2.94. The zero-order chi connectivity index (χ0) is 28.0. The minimum absolute atomic E-state index is 0.130. The molecule has 0 radical (unpaired) electrons. The van der Waals surface area contributed by atoms with E-state index in [1.807, 2.05) is 73.7 Å². The van der Waals surface area contributed by atoms with Gasteiger partial charge in [-0.15, -0.1) is 0 Å². The fourth-order valence-electron chi connectivity index (χ4n) is 3.88. The standard InChI is InChI=1S/C30H34N4O5/c1-21-9-11-22(12-10-21)19-33-30(39)31-17-5-8-27(35)32-20-28(36)34-26(18-29(37)38)25-15-13-24(14-16-25)23-6-3-2-4-7-23/h2-4,6-7,9-16,26H,5,8,17-20H2,1H3,(H,32,35)(H,34,36)(H,37,38)(H2,31,33,39). The number of carbonyl (C=O) groups is 4. The summed E-state index contributed by atoms with van der Waals surface area (Å²) < 4.78 is 0. The fraction of sp³-hybridized carbons (Fsp3) is 0.267. The smallest absolute Gasteiger partial charge is 0.315 e. The van der Waals surface area contributed by atoms with Crippen LogP contribution >= 0.6 is 0 Å². The Bertz CT molecular complexity index is 1240. The lowest BCUT2D eigenvalue weighted by molar-refractivity contribution is -0.138. The number of hydrogen-bond donors (Lipinski definition) is 5. The molecule has 0 saturated heterocycles. The lowest BCUT2D eigenvalue weighted by atomic mass is 9.99. The molecule has 0 fully saturated rings. The first kappa shape index (κ1) is 28.9. The molecule has 0 spiro atoms. The number of benzene rings is 3. The van der Waals surface area contributed by atoms with Gasteiger partial charge in [0.05, 0.1) is 19.0 Å². The normalized spacial score (nSPS) is 11.2. The summed E-state index contributed by atoms with van der Waals surface area (Å²) in [5.74, 6) is -1.88. The molecule has 0 aliphatic carbocycles. The molecule has 1 unspecified atom stereocenters. The van der Waals surface area contributed by atoms with Crippen LogP contribution in [0.3, 0.4) is 0 Å². The van der Waals surface area contributed by atoms with Gasteiger partial charge < -0.3 is 26.4 Å². The zero-order valence-corrected chi connectivity index (χ0v) is 21.9. The molecule has 0 aliphatic rings. The number of aryl methyl sites for hydroxylation is 1. The van der Waals surface area contributed by atoms with Gasteiger partial charge in [0, 0.05) is 19.5 Å². The van der Waals surface area contributed by atoms with Crippen molar-refractivity contribution in [2.75, 3.05) is 13.1 Å². The van der Waals surface area contributed by atoms with E-state index < -0.39 is 17.9 Å². The highest BCUT2D eigenvalue weighted by Gasteiger charge is 2.18. The largest absolute Gasteiger partial charge is 0.481 e. The number of carbonyl (C=O) groups excluding carboxylic acids is 3. The summed E-state index contributed by atoms with van der Waals surface area (Å²) in [6.45, 7) is 2.43. The van der Waals surface area contributed by atoms with E-state index >= 15 is 0 Å². The fourth-order valence-corrected chi connectivity index (χ4v) is 3.88. The van der Waals surface area contributed by atoms with Crippen molar-refractivity contribution in [3.63, 3.8) is 0 Å². The number of urea groups is 1. The maximum Gasteiger partial charge on any atom is 0.315 e. The summed E-state index contributed by atoms with van der Waals surface area (Å²) >= 11 is 0. The summed E-state index contributed by atoms with van der Waals surface area (Å²) in [4.78, 5) is 47.9. The van der Waals surface area contributed by atoms with Gasteiger partial charge in [-0.1, -0.05) is 84.4 Å². The van der Waals surface area contributed by atoms with Crippen molar-refractivity contribution in [3.8, 4) is 11.1 Å². The van der Waals surface area contributed by atoms with Gasteiger partial charge in [-0.25, -0.2) is 4.79 Å². The van der Waals surface area contributed by atoms with Crippen molar-refractivity contribution in [1.82, 2.24) is 21.3 Å². The summed E-state index contributed by atoms with van der Waals surface area (Å²) in [5, 5.41) is 20.0. The first-order valence-corrected chi connectivity index (χ1v) is 12.8. The van der Waals surface area contributed by atoms with Crippen LogP contribution in [0.2, 0.25) is 0 Å². The van der Waals surface area contributed by atoms with Crippen molar-refractivity contribution >= 4 is 23.8 Å². The second-order valence-electron chi connectivity index (χ2n) is 9.18. The molecule has 0 bridgehead atoms. The summed E-state index contributed by atoms with van der Waals surface area (Å²) in [5.41, 5.74) is 4.80. The number of rotatable bonds is 13. The molecule has 0 saturated carbocycles. The van der Waals surface area contributed by atoms with Gasteiger partial charge in [-0.3, -0.25) is 14.4 Å². The number of carboxylic acids is 1. The van der Waals surface area contributed by atoms with Crippen LogP contribution in [0.1, 0.15) is 42.0 Å². The maximum atomic E-state index is 12.4. The molecule has 9 heteroatoms. The third kappa shape index (κ3) is 10.3. The molecule has 204 valence electrons. The number of nitrogens with one attached hydrogen (secondary N) is 4. The molecular weight excluding hydrogens is 496 g/mol. The summed E-state index contributed by atoms with van der Waals surface area (Å²) in [6, 6.07) is 23.9. The molecule has 1 atom stereocenters. The molecule has 3 aromatic carbocycles. The molecule has 3 aromatic rings. The minimum atomic E-state index is -1.05. The first-order chi connectivity index (χ1) is 18.8. The molecule has 4 amide bonds. The van der Waals surface area contributed by atoms with E-state index in [1.54, 1.807) is 12.1 Å². The SMILES string of the molecule is Cc1ccc(CNC(=O)NCCCC(=O)NCC(=O)NC(CC(=O)O)c2ccc(-c3ccccc3)cc2)cc1. The Morgan fingerprint density at radius 1 is 0.769 bits per heavy atom. The number of aliphatic carboxylic acids is 1. The highest BCUT2D eigenvalue weighted by Crippen LogP contribution is 2.23. The zero-order valence-electron chi connectivity index (χ0n) is 21.9. The molecular formula is C30H34N4O5. The highest BCUT2D eigenvalue weighted by molar-refractivity contribution is 5.85. The molecule has 9 nitrogen and oxygen atoms in total. The highest BCUT2D eigenvalue weighted by atomic mass is 16.4. The van der Waals surface area contributed by atoms with E-state index in [1.165, 1.54) is 0 Å². The monoisotopic (exact) mass is 530 g/mol. The van der Waals surface area contributed by atoms with Gasteiger partial charge in [0.2, 0.25) is 11.8 Å². The molecule has 0 aromatic heterocycles. The lowest BCUT2D eigenvalue weighted by Gasteiger charge is -2.18. The second kappa shape index (κ2) is 14.9. The van der Waals surface area contributed by atoms with Crippen molar-refractivity contribution in [1.29, 1.82) is 0 Å². The van der Waals surface area contributed by atoms with Gasteiger partial charge in [0.15, 0.2) is 0 Å². The van der Waals surface area contributed by atoms with E-state index in [-0.39, 0.29) is 31.3 Å². The Morgan fingerprint density at radius 2 is 1.44 bits per heavy atom. The van der Waals surface area contributed by atoms with Crippen molar-refractivity contribution in [2.45, 2.75) is 38.8 Å². The van der Waals surface area contributed by atoms with Gasteiger partial charge in [-0.2, -0.15) is 0 Å². The van der Waals surface area contributed by atoms with E-state index in [4.69, 9.17) is 0 Å². The van der Waals surface area contributed by atoms with Gasteiger partial charge in [-0.05, 0) is 35.6 Å². The van der Waals surface area contributed by atoms with E-state index in [0.717, 1.165) is 22.3 Å². The Labute approximate surface area is 228 Å². The molecule has 5 N–H and O–H groups in total. The predicted octanol–water partition coefficient (Wildman–Crippen LogP) is 3.69. The van der Waals surface area contributed by atoms with Crippen LogP contribution in [0.4, 0.5) is 4.79 Å². The van der Waals surface area contributed by atoms with Crippen LogP contribution in [0.15, 0.2) is 78.9 Å². The van der Waals surface area contributed by atoms with E-state index in [0.29, 0.717) is 25.1 Å². The number of amides is 4. The van der Waals surface area contributed by atoms with E-state index in [9.17, 15) is 24.3 Å². The van der Waals surface area contributed by atoms with Crippen molar-refractivity contribution < 1.29 is 24.3 Å². The quantitative estimate of drug-likeness (QED) is 0.215. The second-order valence-corrected chi connectivity index (χ2v) is 9.18. The van der Waals surface area contributed by atoms with Crippen molar-refractivity contribution in [2.24, 2.45) is 0 Å². The number of hydrogen-bond acceptors (Lipinski definition) is 4. The van der Waals surface area contributed by atoms with Gasteiger partial charge in [0.25, 0.3) is 0 Å². The lowest BCUT2D eigenvalue weighted by Crippen LogP contribution is -2.39. The summed E-state index contributed by atoms with van der Waals surface area (Å²) in [6.07, 6.45) is 0.244. The number of carboxylic acid groups (broad SMARTS) is 1. The Kier molecular flexibility index (Phi) is 11.1. The van der Waals surface area contributed by atoms with Crippen LogP contribution in [0.5, 0.6) is 0 Å². The Morgan fingerprint density at radius 3 is 2.10 bits per heavy atom. The van der Waals surface area contributed by atoms with Crippen molar-refractivity contribution in [3.05, 3.63) is 95.6 Å². The minimum Gasteiger partial charge on any atom is -0.481 e. The Balaban J connectivity index is 1.37. The van der Waals surface area contributed by atoms with Gasteiger partial charge >= 0.3 is 12.0 Å². The third-order valence-corrected chi connectivity index (χ3v) is 6.02. The van der Waals surface area contributed by atoms with Gasteiger partial charge in [0.1, 0.15) is 0 Å². The molecule has 39 heavy (non-hydrogen) atoms. The predicted molar refractivity (Wildman–Crippen MR) is 149 cm³/mol. The summed E-state index contributed by atoms with van der Waals surface area (Å²) in [7, 11) is 0. The molecule has 3 rings (SSSR count). The third-order valence-electron chi connectivity index (χ3n) is 6.02. The first-order valence-electron chi connectivity index (χ1n) is 12.8. The van der Waals surface area contributed by atoms with Crippen LogP contribution < -0.4 is 21.3 Å². The van der Waals surface area contributed by atoms with Crippen LogP contribution in [-0.2, 0) is 20.9 Å². The van der Waals surface area contributed by atoms with Crippen LogP contribution in [0.25, 0.3) is 11.1 Å². The molecule has 0 heterocycles. The Hall–Kier alpha value is -4.66. The van der Waals surface area contributed by atoms with Crippen LogP contribution in [0, 0.1) is 6.92 Å². The van der Waals surface area contributed by atoms with Crippen LogP contribution in [-0.4, -0.2) is 42.0 Å².